The molecule has 2 nitrogen and oxygen atoms in total. The fourth-order valence-corrected chi connectivity index (χ4v) is 1.40. The van der Waals surface area contributed by atoms with Crippen LogP contribution in [0.5, 0.6) is 0 Å². The van der Waals surface area contributed by atoms with E-state index in [0.29, 0.717) is 0 Å². The van der Waals surface area contributed by atoms with Crippen molar-refractivity contribution in [3.05, 3.63) is 0 Å². The van der Waals surface area contributed by atoms with Crippen LogP contribution >= 0.6 is 11.8 Å². The standard InChI is InChI=1S/C5H10N2S/c1-2-6-5-7-3-4-8-5/h2-4H2,1H3,(H,6,7). The number of rotatable bonds is 1. The summed E-state index contributed by atoms with van der Waals surface area (Å²) in [4.78, 5) is 4.19. The van der Waals surface area contributed by atoms with E-state index in [9.17, 15) is 0 Å². The number of thioether (sulfide) groups is 1. The van der Waals surface area contributed by atoms with E-state index in [4.69, 9.17) is 0 Å². The van der Waals surface area contributed by atoms with Crippen molar-refractivity contribution in [3.8, 4) is 0 Å². The third kappa shape index (κ3) is 1.40. The first-order valence-corrected chi connectivity index (χ1v) is 3.83. The highest BCUT2D eigenvalue weighted by Gasteiger charge is 2.02. The van der Waals surface area contributed by atoms with Gasteiger partial charge in [-0.05, 0) is 6.92 Å². The van der Waals surface area contributed by atoms with Crippen LogP contribution in [0.15, 0.2) is 4.99 Å². The van der Waals surface area contributed by atoms with Crippen molar-refractivity contribution in [2.24, 2.45) is 4.99 Å². The highest BCUT2D eigenvalue weighted by Crippen LogP contribution is 2.07. The molecule has 0 spiro atoms. The third-order valence-corrected chi connectivity index (χ3v) is 1.85. The molecule has 1 rings (SSSR count). The second-order valence-corrected chi connectivity index (χ2v) is 2.65. The maximum absolute atomic E-state index is 4.19. The van der Waals surface area contributed by atoms with Crippen molar-refractivity contribution in [1.82, 2.24) is 5.32 Å². The largest absolute Gasteiger partial charge is 0.365 e. The highest BCUT2D eigenvalue weighted by atomic mass is 32.2. The van der Waals surface area contributed by atoms with Gasteiger partial charge in [0, 0.05) is 12.3 Å². The molecule has 0 bridgehead atoms. The van der Waals surface area contributed by atoms with E-state index in [2.05, 4.69) is 17.2 Å². The summed E-state index contributed by atoms with van der Waals surface area (Å²) in [7, 11) is 0. The van der Waals surface area contributed by atoms with Gasteiger partial charge in [0.2, 0.25) is 0 Å². The molecule has 0 saturated carbocycles. The fraction of sp³-hybridized carbons (Fsp3) is 0.800. The Morgan fingerprint density at radius 2 is 2.75 bits per heavy atom. The van der Waals surface area contributed by atoms with Crippen molar-refractivity contribution < 1.29 is 0 Å². The van der Waals surface area contributed by atoms with Gasteiger partial charge in [0.25, 0.3) is 0 Å². The van der Waals surface area contributed by atoms with Crippen LogP contribution in [0, 0.1) is 0 Å². The van der Waals surface area contributed by atoms with Gasteiger partial charge >= 0.3 is 0 Å². The summed E-state index contributed by atoms with van der Waals surface area (Å²) in [6.07, 6.45) is 0. The highest BCUT2D eigenvalue weighted by molar-refractivity contribution is 8.14. The minimum Gasteiger partial charge on any atom is -0.365 e. The van der Waals surface area contributed by atoms with Gasteiger partial charge in [-0.3, -0.25) is 4.99 Å². The average molecular weight is 130 g/mol. The Hall–Kier alpha value is -0.180. The molecule has 0 unspecified atom stereocenters. The number of amidine groups is 1. The Balaban J connectivity index is 2.23. The molecule has 0 radical (unpaired) electrons. The zero-order valence-electron chi connectivity index (χ0n) is 4.98. The molecule has 0 aliphatic carbocycles. The minimum absolute atomic E-state index is 0.992. The Kier molecular flexibility index (Phi) is 2.21. The normalized spacial score (nSPS) is 18.4. The molecule has 0 aromatic rings. The molecule has 0 amide bonds. The quantitative estimate of drug-likeness (QED) is 0.565. The van der Waals surface area contributed by atoms with E-state index in [-0.39, 0.29) is 0 Å². The molecule has 1 N–H and O–H groups in total. The zero-order chi connectivity index (χ0) is 5.82. The lowest BCUT2D eigenvalue weighted by atomic mass is 10.7. The van der Waals surface area contributed by atoms with Gasteiger partial charge in [0.1, 0.15) is 0 Å². The molecule has 0 aromatic heterocycles. The van der Waals surface area contributed by atoms with E-state index in [0.717, 1.165) is 24.0 Å². The monoisotopic (exact) mass is 130 g/mol. The summed E-state index contributed by atoms with van der Waals surface area (Å²) in [6, 6.07) is 0. The molecule has 0 fully saturated rings. The zero-order valence-corrected chi connectivity index (χ0v) is 5.79. The summed E-state index contributed by atoms with van der Waals surface area (Å²) >= 11 is 1.81. The van der Waals surface area contributed by atoms with Crippen molar-refractivity contribution in [3.63, 3.8) is 0 Å². The second-order valence-electron chi connectivity index (χ2n) is 1.57. The van der Waals surface area contributed by atoms with Crippen LogP contribution < -0.4 is 5.32 Å². The Bertz CT molecular complexity index is 101. The second kappa shape index (κ2) is 2.97. The van der Waals surface area contributed by atoms with Crippen LogP contribution in [0.2, 0.25) is 0 Å². The Labute approximate surface area is 53.8 Å². The lowest BCUT2D eigenvalue weighted by Crippen LogP contribution is -2.17. The molecular weight excluding hydrogens is 120 g/mol. The lowest BCUT2D eigenvalue weighted by Gasteiger charge is -1.96. The van der Waals surface area contributed by atoms with E-state index in [1.54, 1.807) is 11.8 Å². The maximum Gasteiger partial charge on any atom is 0.156 e. The summed E-state index contributed by atoms with van der Waals surface area (Å²) in [5, 5.41) is 4.28. The van der Waals surface area contributed by atoms with Crippen molar-refractivity contribution >= 4 is 16.9 Å². The van der Waals surface area contributed by atoms with E-state index < -0.39 is 0 Å². The van der Waals surface area contributed by atoms with Gasteiger partial charge in [0.05, 0.1) is 6.54 Å². The first kappa shape index (κ1) is 5.95. The molecule has 0 saturated heterocycles. The molecule has 3 heteroatoms. The summed E-state index contributed by atoms with van der Waals surface area (Å²) in [5.41, 5.74) is 0. The summed E-state index contributed by atoms with van der Waals surface area (Å²) in [6.45, 7) is 4.07. The summed E-state index contributed by atoms with van der Waals surface area (Å²) in [5.74, 6) is 1.16. The summed E-state index contributed by atoms with van der Waals surface area (Å²) < 4.78 is 0. The molecule has 46 valence electrons. The third-order valence-electron chi connectivity index (χ3n) is 0.913. The van der Waals surface area contributed by atoms with Crippen molar-refractivity contribution in [2.75, 3.05) is 18.8 Å². The van der Waals surface area contributed by atoms with Gasteiger partial charge < -0.3 is 5.32 Å². The predicted octanol–water partition coefficient (Wildman–Crippen LogP) is 0.699. The molecule has 8 heavy (non-hydrogen) atoms. The van der Waals surface area contributed by atoms with Crippen LogP contribution in [-0.2, 0) is 0 Å². The van der Waals surface area contributed by atoms with Crippen LogP contribution in [0.3, 0.4) is 0 Å². The van der Waals surface area contributed by atoms with Crippen molar-refractivity contribution in [2.45, 2.75) is 6.92 Å². The SMILES string of the molecule is CCNC1=NCCS1. The van der Waals surface area contributed by atoms with E-state index >= 15 is 0 Å². The molecule has 0 atom stereocenters. The number of hydrogen-bond acceptors (Lipinski definition) is 3. The predicted molar refractivity (Wildman–Crippen MR) is 38.4 cm³/mol. The maximum atomic E-state index is 4.19. The Morgan fingerprint density at radius 1 is 1.88 bits per heavy atom. The Morgan fingerprint density at radius 3 is 3.25 bits per heavy atom. The molecule has 1 aliphatic rings. The van der Waals surface area contributed by atoms with Crippen LogP contribution in [-0.4, -0.2) is 24.0 Å². The first-order valence-electron chi connectivity index (χ1n) is 2.84. The number of nitrogens with one attached hydrogen (secondary N) is 1. The molecular formula is C5H10N2S. The number of aliphatic imine (C=N–C) groups is 1. The van der Waals surface area contributed by atoms with Gasteiger partial charge in [-0.2, -0.15) is 0 Å². The number of nitrogens with zero attached hydrogens (tertiary/aromatic N) is 1. The average Bonchev–Trinajstić information content (AvgIpc) is 2.19. The van der Waals surface area contributed by atoms with E-state index in [1.807, 2.05) is 0 Å². The van der Waals surface area contributed by atoms with Gasteiger partial charge in [-0.1, -0.05) is 11.8 Å². The van der Waals surface area contributed by atoms with Crippen molar-refractivity contribution in [1.29, 1.82) is 0 Å². The first-order chi connectivity index (χ1) is 3.93. The molecule has 1 heterocycles. The topological polar surface area (TPSA) is 24.4 Å². The molecule has 1 aliphatic heterocycles. The van der Waals surface area contributed by atoms with Crippen LogP contribution in [0.25, 0.3) is 0 Å². The number of hydrogen-bond donors (Lipinski definition) is 1. The fourth-order valence-electron chi connectivity index (χ4n) is 0.593. The minimum atomic E-state index is 0.992. The van der Waals surface area contributed by atoms with Gasteiger partial charge in [0.15, 0.2) is 5.17 Å². The van der Waals surface area contributed by atoms with Gasteiger partial charge in [-0.25, -0.2) is 0 Å². The van der Waals surface area contributed by atoms with Crippen LogP contribution in [0.1, 0.15) is 6.92 Å². The smallest absolute Gasteiger partial charge is 0.156 e. The lowest BCUT2D eigenvalue weighted by molar-refractivity contribution is 0.974. The molecule has 0 aromatic carbocycles. The van der Waals surface area contributed by atoms with E-state index in [1.165, 1.54) is 0 Å². The van der Waals surface area contributed by atoms with Crippen LogP contribution in [0.4, 0.5) is 0 Å². The van der Waals surface area contributed by atoms with Gasteiger partial charge in [-0.15, -0.1) is 0 Å².